The minimum Gasteiger partial charge on any atom is -0.376 e. The minimum atomic E-state index is -0.485. The van der Waals surface area contributed by atoms with Gasteiger partial charge < -0.3 is 10.3 Å². The zero-order chi connectivity index (χ0) is 15.6. The van der Waals surface area contributed by atoms with E-state index in [9.17, 15) is 14.9 Å². The lowest BCUT2D eigenvalue weighted by Crippen LogP contribution is -2.25. The zero-order valence-corrected chi connectivity index (χ0v) is 12.2. The summed E-state index contributed by atoms with van der Waals surface area (Å²) in [5.41, 5.74) is 0.335. The molecule has 1 unspecified atom stereocenters. The van der Waals surface area contributed by atoms with E-state index < -0.39 is 4.92 Å². The Morgan fingerprint density at radius 3 is 2.71 bits per heavy atom. The Labute approximate surface area is 121 Å². The van der Waals surface area contributed by atoms with Crippen molar-refractivity contribution in [2.24, 2.45) is 5.92 Å². The summed E-state index contributed by atoms with van der Waals surface area (Å²) in [5, 5.41) is 14.7. The first kappa shape index (κ1) is 15.0. The number of nitro groups is 1. The highest BCUT2D eigenvalue weighted by molar-refractivity contribution is 5.86. The Morgan fingerprint density at radius 2 is 2.14 bits per heavy atom. The molecule has 7 nitrogen and oxygen atoms in total. The molecule has 1 atom stereocenters. The van der Waals surface area contributed by atoms with Gasteiger partial charge in [0.1, 0.15) is 5.69 Å². The van der Waals surface area contributed by atoms with E-state index in [1.165, 1.54) is 12.4 Å². The van der Waals surface area contributed by atoms with Gasteiger partial charge >= 0.3 is 0 Å². The van der Waals surface area contributed by atoms with Crippen LogP contribution in [-0.4, -0.2) is 20.9 Å². The average molecular weight is 290 g/mol. The van der Waals surface area contributed by atoms with Crippen LogP contribution >= 0.6 is 0 Å². The Morgan fingerprint density at radius 1 is 1.43 bits per heavy atom. The molecule has 2 rings (SSSR count). The summed E-state index contributed by atoms with van der Waals surface area (Å²) in [4.78, 5) is 29.0. The fraction of sp³-hybridized carbons (Fsp3) is 0.429. The van der Waals surface area contributed by atoms with Gasteiger partial charge in [0.25, 0.3) is 11.2 Å². The van der Waals surface area contributed by atoms with E-state index in [-0.39, 0.29) is 22.7 Å². The van der Waals surface area contributed by atoms with Gasteiger partial charge in [0.15, 0.2) is 0 Å². The van der Waals surface area contributed by atoms with Gasteiger partial charge in [-0.3, -0.25) is 14.9 Å². The molecule has 1 aromatic carbocycles. The Bertz CT molecular complexity index is 724. The molecular formula is C14H18N4O3. The van der Waals surface area contributed by atoms with E-state index in [1.54, 1.807) is 6.07 Å². The van der Waals surface area contributed by atoms with Crippen molar-refractivity contribution in [1.82, 2.24) is 9.97 Å². The van der Waals surface area contributed by atoms with Crippen LogP contribution in [-0.2, 0) is 0 Å². The third-order valence-electron chi connectivity index (χ3n) is 3.54. The van der Waals surface area contributed by atoms with Crippen LogP contribution in [0.5, 0.6) is 0 Å². The molecule has 7 heteroatoms. The molecule has 0 fully saturated rings. The molecule has 0 spiro atoms. The van der Waals surface area contributed by atoms with Crippen molar-refractivity contribution < 1.29 is 4.92 Å². The maximum atomic E-state index is 11.7. The van der Waals surface area contributed by atoms with Gasteiger partial charge in [-0.2, -0.15) is 0 Å². The van der Waals surface area contributed by atoms with Crippen molar-refractivity contribution in [1.29, 1.82) is 0 Å². The molecule has 112 valence electrons. The smallest absolute Gasteiger partial charge is 0.293 e. The van der Waals surface area contributed by atoms with Gasteiger partial charge in [-0.25, -0.2) is 4.98 Å². The van der Waals surface area contributed by atoms with Crippen LogP contribution in [0.3, 0.4) is 0 Å². The topological polar surface area (TPSA) is 101 Å². The number of hydrogen-bond donors (Lipinski definition) is 2. The molecule has 0 aliphatic heterocycles. The van der Waals surface area contributed by atoms with E-state index in [1.807, 2.05) is 6.92 Å². The van der Waals surface area contributed by atoms with Crippen LogP contribution in [0, 0.1) is 16.0 Å². The summed E-state index contributed by atoms with van der Waals surface area (Å²) in [6.07, 6.45) is 2.13. The predicted molar refractivity (Wildman–Crippen MR) is 81.6 cm³/mol. The monoisotopic (exact) mass is 290 g/mol. The second-order valence-electron chi connectivity index (χ2n) is 5.28. The molecule has 0 radical (unpaired) electrons. The summed E-state index contributed by atoms with van der Waals surface area (Å²) in [5.74, 6) is 0.331. The number of rotatable bonds is 5. The number of anilines is 1. The molecule has 2 aromatic rings. The second kappa shape index (κ2) is 5.90. The highest BCUT2D eigenvalue weighted by Crippen LogP contribution is 2.29. The lowest BCUT2D eigenvalue weighted by atomic mass is 10.0. The maximum Gasteiger partial charge on any atom is 0.293 e. The summed E-state index contributed by atoms with van der Waals surface area (Å²) in [6.45, 7) is 6.13. The van der Waals surface area contributed by atoms with E-state index >= 15 is 0 Å². The van der Waals surface area contributed by atoms with Crippen LogP contribution in [0.1, 0.15) is 27.2 Å². The summed E-state index contributed by atoms with van der Waals surface area (Å²) >= 11 is 0. The second-order valence-corrected chi connectivity index (χ2v) is 5.28. The van der Waals surface area contributed by atoms with Crippen molar-refractivity contribution in [3.05, 3.63) is 38.9 Å². The van der Waals surface area contributed by atoms with Crippen LogP contribution < -0.4 is 10.9 Å². The van der Waals surface area contributed by atoms with Gasteiger partial charge in [0.05, 0.1) is 22.2 Å². The molecule has 0 amide bonds. The van der Waals surface area contributed by atoms with Crippen LogP contribution in [0.15, 0.2) is 23.3 Å². The molecule has 0 bridgehead atoms. The number of aromatic nitrogens is 2. The molecule has 2 N–H and O–H groups in total. The first-order valence-electron chi connectivity index (χ1n) is 6.86. The molecule has 1 heterocycles. The van der Waals surface area contributed by atoms with Gasteiger partial charge in [-0.15, -0.1) is 0 Å². The number of H-pyrrole nitrogens is 1. The molecule has 21 heavy (non-hydrogen) atoms. The van der Waals surface area contributed by atoms with Crippen LogP contribution in [0.2, 0.25) is 0 Å². The highest BCUT2D eigenvalue weighted by atomic mass is 16.6. The standard InChI is InChI=1S/C14H18N4O3/c1-4-10(8(2)3)17-12-6-11-9(5-13(12)18(20)21)14(19)16-7-15-11/h5-8,10,17H,4H2,1-3H3,(H,15,16,19). The van der Waals surface area contributed by atoms with Gasteiger partial charge in [0.2, 0.25) is 0 Å². The Kier molecular flexibility index (Phi) is 4.21. The first-order chi connectivity index (χ1) is 9.93. The van der Waals surface area contributed by atoms with Crippen LogP contribution in [0.25, 0.3) is 10.9 Å². The quantitative estimate of drug-likeness (QED) is 0.651. The fourth-order valence-corrected chi connectivity index (χ4v) is 2.31. The van der Waals surface area contributed by atoms with Crippen molar-refractivity contribution in [3.8, 4) is 0 Å². The van der Waals surface area contributed by atoms with E-state index in [0.717, 1.165) is 6.42 Å². The number of fused-ring (bicyclic) bond motifs is 1. The molecular weight excluding hydrogens is 272 g/mol. The molecule has 1 aromatic heterocycles. The van der Waals surface area contributed by atoms with Crippen molar-refractivity contribution in [3.63, 3.8) is 0 Å². The predicted octanol–water partition coefficient (Wildman–Crippen LogP) is 2.68. The van der Waals surface area contributed by atoms with E-state index in [0.29, 0.717) is 17.1 Å². The number of nitrogens with zero attached hydrogens (tertiary/aromatic N) is 2. The number of aromatic amines is 1. The number of nitro benzene ring substituents is 1. The number of benzene rings is 1. The zero-order valence-electron chi connectivity index (χ0n) is 12.2. The number of hydrogen-bond acceptors (Lipinski definition) is 5. The normalized spacial score (nSPS) is 12.6. The van der Waals surface area contributed by atoms with E-state index in [4.69, 9.17) is 0 Å². The Balaban J connectivity index is 2.58. The number of nitrogens with one attached hydrogen (secondary N) is 2. The van der Waals surface area contributed by atoms with E-state index in [2.05, 4.69) is 29.1 Å². The SMILES string of the molecule is CCC(Nc1cc2nc[nH]c(=O)c2cc1[N+](=O)[O-])C(C)C. The average Bonchev–Trinajstić information content (AvgIpc) is 2.43. The van der Waals surface area contributed by atoms with Crippen molar-refractivity contribution in [2.45, 2.75) is 33.2 Å². The Hall–Kier alpha value is -2.44. The molecule has 0 saturated carbocycles. The fourth-order valence-electron chi connectivity index (χ4n) is 2.31. The molecule has 0 saturated heterocycles. The third kappa shape index (κ3) is 3.01. The van der Waals surface area contributed by atoms with Crippen molar-refractivity contribution >= 4 is 22.3 Å². The maximum absolute atomic E-state index is 11.7. The van der Waals surface area contributed by atoms with Crippen molar-refractivity contribution in [2.75, 3.05) is 5.32 Å². The summed E-state index contributed by atoms with van der Waals surface area (Å²) in [6, 6.07) is 2.95. The van der Waals surface area contributed by atoms with Gasteiger partial charge in [-0.1, -0.05) is 20.8 Å². The molecule has 0 aliphatic rings. The first-order valence-corrected chi connectivity index (χ1v) is 6.86. The minimum absolute atomic E-state index is 0.111. The van der Waals surface area contributed by atoms with Gasteiger partial charge in [0, 0.05) is 12.1 Å². The highest BCUT2D eigenvalue weighted by Gasteiger charge is 2.20. The largest absolute Gasteiger partial charge is 0.376 e. The summed E-state index contributed by atoms with van der Waals surface area (Å²) in [7, 11) is 0. The molecule has 0 aliphatic carbocycles. The van der Waals surface area contributed by atoms with Crippen LogP contribution in [0.4, 0.5) is 11.4 Å². The summed E-state index contributed by atoms with van der Waals surface area (Å²) < 4.78 is 0. The lowest BCUT2D eigenvalue weighted by molar-refractivity contribution is -0.383. The lowest BCUT2D eigenvalue weighted by Gasteiger charge is -2.21. The van der Waals surface area contributed by atoms with Gasteiger partial charge in [-0.05, 0) is 18.4 Å². The third-order valence-corrected chi connectivity index (χ3v) is 3.54.